The molecule has 1 aromatic rings. The van der Waals surface area contributed by atoms with E-state index in [1.165, 1.54) is 0 Å². The highest BCUT2D eigenvalue weighted by molar-refractivity contribution is 6.68. The number of hydrogen-bond acceptors (Lipinski definition) is 3. The zero-order chi connectivity index (χ0) is 11.1. The van der Waals surface area contributed by atoms with Gasteiger partial charge < -0.3 is 5.21 Å². The van der Waals surface area contributed by atoms with E-state index in [1.54, 1.807) is 0 Å². The Morgan fingerprint density at radius 2 is 1.57 bits per heavy atom. The first-order valence-electron chi connectivity index (χ1n) is 2.88. The molecule has 0 saturated heterocycles. The molecule has 0 aromatic carbocycles. The monoisotopic (exact) mass is 318 g/mol. The van der Waals surface area contributed by atoms with Crippen LogP contribution in [-0.2, 0) is 7.59 Å². The van der Waals surface area contributed by atoms with E-state index < -0.39 is 13.3 Å². The number of nitrogens with zero attached hydrogens (tertiary/aromatic N) is 2. The average molecular weight is 321 g/mol. The van der Waals surface area contributed by atoms with Crippen LogP contribution < -0.4 is 4.90 Å². The van der Waals surface area contributed by atoms with Crippen LogP contribution in [0.15, 0.2) is 4.63 Å². The Morgan fingerprint density at radius 3 is 1.86 bits per heavy atom. The second-order valence-corrected chi connectivity index (χ2v) is 6.69. The zero-order valence-corrected chi connectivity index (χ0v) is 10.5. The SMILES string of the molecule is [O-][n+]1onc(C(Cl)(Cl)Cl)c1C(Cl)(Cl)Cl. The van der Waals surface area contributed by atoms with Gasteiger partial charge in [0.05, 0.1) is 0 Å². The van der Waals surface area contributed by atoms with Crippen LogP contribution in [0.25, 0.3) is 0 Å². The Labute approximate surface area is 108 Å². The second-order valence-electron chi connectivity index (χ2n) is 2.12. The van der Waals surface area contributed by atoms with Gasteiger partial charge in [0.1, 0.15) is 0 Å². The van der Waals surface area contributed by atoms with Gasteiger partial charge in [-0.2, -0.15) is 0 Å². The molecule has 0 fully saturated rings. The van der Waals surface area contributed by atoms with Gasteiger partial charge in [-0.3, -0.25) is 4.63 Å². The summed E-state index contributed by atoms with van der Waals surface area (Å²) < 4.78 is 0.0692. The number of rotatable bonds is 0. The predicted molar refractivity (Wildman–Crippen MR) is 53.9 cm³/mol. The molecule has 10 heteroatoms. The van der Waals surface area contributed by atoms with Crippen LogP contribution in [0.5, 0.6) is 0 Å². The molecule has 1 heterocycles. The Hall–Kier alpha value is 0.680. The van der Waals surface area contributed by atoms with Crippen molar-refractivity contribution < 1.29 is 9.53 Å². The molecule has 14 heavy (non-hydrogen) atoms. The highest BCUT2D eigenvalue weighted by Crippen LogP contribution is 2.45. The maximum absolute atomic E-state index is 11.0. The fraction of sp³-hybridized carbons (Fsp3) is 0.500. The summed E-state index contributed by atoms with van der Waals surface area (Å²) in [7, 11) is 0. The summed E-state index contributed by atoms with van der Waals surface area (Å²) in [6.45, 7) is 0. The fourth-order valence-corrected chi connectivity index (χ4v) is 1.52. The summed E-state index contributed by atoms with van der Waals surface area (Å²) in [6.07, 6.45) is 0. The van der Waals surface area contributed by atoms with Gasteiger partial charge >= 0.3 is 0 Å². The minimum Gasteiger partial charge on any atom is -0.359 e. The minimum atomic E-state index is -2.08. The molecule has 1 rings (SSSR count). The molecular weight excluding hydrogens is 321 g/mol. The number of hydrogen-bond donors (Lipinski definition) is 0. The standard InChI is InChI=1S/C4Cl6N2O2/c5-3(6,7)1-2(4(8,9)10)12(13)14-11-1. The molecule has 1 aromatic heterocycles. The highest BCUT2D eigenvalue weighted by atomic mass is 35.6. The van der Waals surface area contributed by atoms with E-state index in [-0.39, 0.29) is 10.6 Å². The first-order valence-corrected chi connectivity index (χ1v) is 5.15. The van der Waals surface area contributed by atoms with Crippen molar-refractivity contribution in [3.63, 3.8) is 0 Å². The molecule has 0 atom stereocenters. The molecule has 0 radical (unpaired) electrons. The van der Waals surface area contributed by atoms with Gasteiger partial charge in [0.15, 0.2) is 0 Å². The summed E-state index contributed by atoms with van der Waals surface area (Å²) in [4.78, 5) is -0.135. The van der Waals surface area contributed by atoms with E-state index in [2.05, 4.69) is 9.79 Å². The molecule has 0 aliphatic carbocycles. The molecule has 0 N–H and O–H groups in total. The highest BCUT2D eigenvalue weighted by Gasteiger charge is 2.46. The lowest BCUT2D eigenvalue weighted by molar-refractivity contribution is -0.808. The predicted octanol–water partition coefficient (Wildman–Crippen LogP) is 2.96. The molecule has 0 spiro atoms. The van der Waals surface area contributed by atoms with E-state index in [0.717, 1.165) is 0 Å². The zero-order valence-electron chi connectivity index (χ0n) is 5.98. The number of alkyl halides is 6. The summed E-state index contributed by atoms with van der Waals surface area (Å²) in [5.41, 5.74) is -0.847. The van der Waals surface area contributed by atoms with Crippen LogP contribution in [-0.4, -0.2) is 5.16 Å². The molecule has 0 aliphatic rings. The van der Waals surface area contributed by atoms with Crippen molar-refractivity contribution in [3.8, 4) is 0 Å². The molecule has 0 unspecified atom stereocenters. The van der Waals surface area contributed by atoms with Crippen molar-refractivity contribution >= 4 is 69.6 Å². The van der Waals surface area contributed by atoms with Crippen LogP contribution in [0.1, 0.15) is 11.4 Å². The normalized spacial score (nSPS) is 13.3. The maximum atomic E-state index is 11.0. The molecule has 0 aliphatic heterocycles. The number of halogens is 6. The number of aromatic nitrogens is 2. The van der Waals surface area contributed by atoms with Crippen LogP contribution in [0.2, 0.25) is 0 Å². The van der Waals surface area contributed by atoms with Gasteiger partial charge in [-0.15, -0.1) is 0 Å². The largest absolute Gasteiger partial charge is 0.359 e. The van der Waals surface area contributed by atoms with Gasteiger partial charge in [0.2, 0.25) is 0 Å². The smallest absolute Gasteiger partial charge is 0.277 e. The Bertz CT molecular complexity index is 339. The van der Waals surface area contributed by atoms with Crippen molar-refractivity contribution in [3.05, 3.63) is 16.6 Å². The Kier molecular flexibility index (Phi) is 3.57. The summed E-state index contributed by atoms with van der Waals surface area (Å²) in [5.74, 6) is 0. The van der Waals surface area contributed by atoms with Crippen LogP contribution >= 0.6 is 69.6 Å². The summed E-state index contributed by atoms with van der Waals surface area (Å²) in [6, 6.07) is 0. The van der Waals surface area contributed by atoms with Crippen molar-refractivity contribution in [2.24, 2.45) is 0 Å². The second kappa shape index (κ2) is 3.92. The minimum absolute atomic E-state index is 0.135. The van der Waals surface area contributed by atoms with E-state index in [4.69, 9.17) is 69.6 Å². The first-order chi connectivity index (χ1) is 6.14. The van der Waals surface area contributed by atoms with Gasteiger partial charge in [-0.1, -0.05) is 69.6 Å². The van der Waals surface area contributed by atoms with Crippen molar-refractivity contribution in [2.75, 3.05) is 0 Å². The van der Waals surface area contributed by atoms with Gasteiger partial charge in [0, 0.05) is 5.16 Å². The van der Waals surface area contributed by atoms with Crippen LogP contribution in [0.3, 0.4) is 0 Å². The summed E-state index contributed by atoms with van der Waals surface area (Å²) in [5, 5.41) is 14.2. The lowest BCUT2D eigenvalue weighted by Gasteiger charge is -2.10. The van der Waals surface area contributed by atoms with Gasteiger partial charge in [0.25, 0.3) is 19.0 Å². The quantitative estimate of drug-likeness (QED) is 0.545. The maximum Gasteiger partial charge on any atom is 0.277 e. The Morgan fingerprint density at radius 1 is 1.07 bits per heavy atom. The average Bonchev–Trinajstić information content (AvgIpc) is 2.27. The van der Waals surface area contributed by atoms with Crippen molar-refractivity contribution in [1.82, 2.24) is 5.16 Å². The first kappa shape index (κ1) is 12.7. The lowest BCUT2D eigenvalue weighted by atomic mass is 10.4. The third-order valence-corrected chi connectivity index (χ3v) is 2.22. The molecule has 0 bridgehead atoms. The van der Waals surface area contributed by atoms with Gasteiger partial charge in [-0.25, -0.2) is 0 Å². The van der Waals surface area contributed by atoms with E-state index in [0.29, 0.717) is 0 Å². The fourth-order valence-electron chi connectivity index (χ4n) is 0.672. The molecule has 0 saturated carbocycles. The van der Waals surface area contributed by atoms with Crippen molar-refractivity contribution in [2.45, 2.75) is 7.59 Å². The van der Waals surface area contributed by atoms with Crippen LogP contribution in [0, 0.1) is 5.21 Å². The molecular formula is C4Cl6N2O2. The topological polar surface area (TPSA) is 53.0 Å². The molecule has 4 nitrogen and oxygen atoms in total. The van der Waals surface area contributed by atoms with Crippen LogP contribution in [0.4, 0.5) is 0 Å². The molecule has 0 amide bonds. The molecule has 80 valence electrons. The third kappa shape index (κ3) is 2.62. The lowest BCUT2D eigenvalue weighted by Crippen LogP contribution is -2.33. The Balaban J connectivity index is 3.35. The van der Waals surface area contributed by atoms with E-state index in [1.807, 2.05) is 0 Å². The summed E-state index contributed by atoms with van der Waals surface area (Å²) >= 11 is 32.7. The third-order valence-electron chi connectivity index (χ3n) is 1.15. The van der Waals surface area contributed by atoms with Gasteiger partial charge in [-0.05, 0) is 4.90 Å². The van der Waals surface area contributed by atoms with E-state index in [9.17, 15) is 5.21 Å². The van der Waals surface area contributed by atoms with E-state index >= 15 is 0 Å². The van der Waals surface area contributed by atoms with Crippen molar-refractivity contribution in [1.29, 1.82) is 0 Å².